The molecule has 4 heterocycles. The zero-order chi connectivity index (χ0) is 25.5. The van der Waals surface area contributed by atoms with E-state index in [1.54, 1.807) is 50.5 Å². The molecule has 0 bridgehead atoms. The van der Waals surface area contributed by atoms with E-state index >= 15 is 0 Å². The van der Waals surface area contributed by atoms with Crippen LogP contribution in [-0.4, -0.2) is 79.0 Å². The lowest BCUT2D eigenvalue weighted by Crippen LogP contribution is -2.13. The highest BCUT2D eigenvalue weighted by Crippen LogP contribution is 2.18. The standard InChI is InChI=1S/C12H14N2O4.C11H12N2O4/c1-8(15)7-18-9-3-4-11-10(12(16)17-2)5-13-14(11)6-9;1-7(14)6-17-8-2-3-10-9(11(15)16)4-12-13(10)5-8/h3-6,8,15H,7H2,1-2H3;2-5,7,14H,6H2,1H3,(H,15,16)/t8-;7-/m11/s1. The normalized spacial score (nSPS) is 12.5. The second-order valence-corrected chi connectivity index (χ2v) is 7.62. The first-order valence-corrected chi connectivity index (χ1v) is 10.6. The SMILES string of the molecule is COC(=O)c1cnn2cc(OC[C@@H](C)O)ccc12.C[C@@H](O)COc1ccc2c(C(=O)O)cnn2c1. The zero-order valence-corrected chi connectivity index (χ0v) is 19.4. The predicted octanol–water partition coefficient (Wildman–Crippen LogP) is 1.67. The average Bonchev–Trinajstić information content (AvgIpc) is 3.45. The number of aliphatic hydroxyl groups is 2. The first-order valence-electron chi connectivity index (χ1n) is 10.6. The second kappa shape index (κ2) is 11.3. The van der Waals surface area contributed by atoms with Gasteiger partial charge in [-0.15, -0.1) is 0 Å². The largest absolute Gasteiger partial charge is 0.489 e. The summed E-state index contributed by atoms with van der Waals surface area (Å²) in [7, 11) is 1.33. The number of aromatic carboxylic acids is 1. The number of methoxy groups -OCH3 is 1. The summed E-state index contributed by atoms with van der Waals surface area (Å²) in [4.78, 5) is 22.3. The summed E-state index contributed by atoms with van der Waals surface area (Å²) in [6, 6.07) is 6.70. The molecule has 0 aliphatic heterocycles. The van der Waals surface area contributed by atoms with E-state index in [9.17, 15) is 9.59 Å². The van der Waals surface area contributed by atoms with Crippen molar-refractivity contribution >= 4 is 23.0 Å². The van der Waals surface area contributed by atoms with Crippen molar-refractivity contribution in [1.29, 1.82) is 0 Å². The van der Waals surface area contributed by atoms with E-state index in [0.29, 0.717) is 28.1 Å². The molecule has 4 aromatic heterocycles. The summed E-state index contributed by atoms with van der Waals surface area (Å²) in [5.74, 6) is -0.346. The second-order valence-electron chi connectivity index (χ2n) is 7.62. The van der Waals surface area contributed by atoms with Gasteiger partial charge in [-0.3, -0.25) is 0 Å². The third-order valence-electron chi connectivity index (χ3n) is 4.60. The quantitative estimate of drug-likeness (QED) is 0.313. The van der Waals surface area contributed by atoms with Gasteiger partial charge in [0.15, 0.2) is 0 Å². The van der Waals surface area contributed by atoms with Crippen LogP contribution in [0.3, 0.4) is 0 Å². The van der Waals surface area contributed by atoms with Gasteiger partial charge in [0.25, 0.3) is 0 Å². The lowest BCUT2D eigenvalue weighted by molar-refractivity contribution is 0.0602. The third-order valence-corrected chi connectivity index (χ3v) is 4.60. The summed E-state index contributed by atoms with van der Waals surface area (Å²) in [6.45, 7) is 3.64. The van der Waals surface area contributed by atoms with Gasteiger partial charge in [-0.1, -0.05) is 0 Å². The van der Waals surface area contributed by atoms with Gasteiger partial charge < -0.3 is 29.5 Å². The maximum absolute atomic E-state index is 11.4. The molecule has 0 radical (unpaired) electrons. The first kappa shape index (κ1) is 25.5. The molecule has 4 rings (SSSR count). The number of carbonyl (C=O) groups is 2. The van der Waals surface area contributed by atoms with Crippen molar-refractivity contribution in [2.45, 2.75) is 26.1 Å². The van der Waals surface area contributed by atoms with E-state index in [1.165, 1.54) is 28.5 Å². The molecule has 0 aliphatic carbocycles. The number of esters is 1. The minimum Gasteiger partial charge on any atom is -0.489 e. The van der Waals surface area contributed by atoms with Gasteiger partial charge >= 0.3 is 11.9 Å². The average molecular weight is 486 g/mol. The van der Waals surface area contributed by atoms with Crippen molar-refractivity contribution in [3.05, 3.63) is 60.2 Å². The van der Waals surface area contributed by atoms with Crippen LogP contribution in [0.5, 0.6) is 11.5 Å². The van der Waals surface area contributed by atoms with E-state index in [0.717, 1.165) is 0 Å². The van der Waals surface area contributed by atoms with Gasteiger partial charge in [0.2, 0.25) is 0 Å². The van der Waals surface area contributed by atoms with Crippen LogP contribution in [0.1, 0.15) is 34.6 Å². The molecule has 186 valence electrons. The van der Waals surface area contributed by atoms with E-state index in [2.05, 4.69) is 14.9 Å². The van der Waals surface area contributed by atoms with Crippen molar-refractivity contribution < 1.29 is 39.1 Å². The third kappa shape index (κ3) is 6.46. The maximum Gasteiger partial charge on any atom is 0.341 e. The number of ether oxygens (including phenoxy) is 3. The minimum absolute atomic E-state index is 0.145. The number of aromatic nitrogens is 4. The highest BCUT2D eigenvalue weighted by atomic mass is 16.5. The molecule has 12 heteroatoms. The number of carboxylic acid groups (broad SMARTS) is 1. The zero-order valence-electron chi connectivity index (χ0n) is 19.4. The fourth-order valence-corrected chi connectivity index (χ4v) is 2.97. The van der Waals surface area contributed by atoms with Crippen LogP contribution < -0.4 is 9.47 Å². The van der Waals surface area contributed by atoms with E-state index in [4.69, 9.17) is 24.8 Å². The molecule has 0 fully saturated rings. The van der Waals surface area contributed by atoms with Crippen LogP contribution in [0, 0.1) is 0 Å². The van der Waals surface area contributed by atoms with Crippen molar-refractivity contribution in [2.75, 3.05) is 20.3 Å². The van der Waals surface area contributed by atoms with Gasteiger partial charge in [-0.25, -0.2) is 18.6 Å². The number of fused-ring (bicyclic) bond motifs is 2. The number of carboxylic acids is 1. The van der Waals surface area contributed by atoms with Crippen molar-refractivity contribution in [3.63, 3.8) is 0 Å². The number of hydrogen-bond acceptors (Lipinski definition) is 9. The van der Waals surface area contributed by atoms with E-state index in [1.807, 2.05) is 0 Å². The predicted molar refractivity (Wildman–Crippen MR) is 123 cm³/mol. The van der Waals surface area contributed by atoms with Crippen molar-refractivity contribution in [1.82, 2.24) is 19.2 Å². The van der Waals surface area contributed by atoms with E-state index < -0.39 is 24.1 Å². The smallest absolute Gasteiger partial charge is 0.341 e. The van der Waals surface area contributed by atoms with Gasteiger partial charge in [0.05, 0.1) is 55.1 Å². The Hall–Kier alpha value is -4.16. The molecule has 0 aromatic carbocycles. The molecule has 0 saturated carbocycles. The van der Waals surface area contributed by atoms with Crippen LogP contribution in [0.15, 0.2) is 49.1 Å². The first-order chi connectivity index (χ1) is 16.7. The van der Waals surface area contributed by atoms with Gasteiger partial charge in [0, 0.05) is 0 Å². The molecule has 12 nitrogen and oxygen atoms in total. The molecule has 3 N–H and O–H groups in total. The molecule has 4 aromatic rings. The molecule has 2 atom stereocenters. The van der Waals surface area contributed by atoms with Crippen molar-refractivity contribution in [2.24, 2.45) is 0 Å². The number of pyridine rings is 2. The molecule has 0 unspecified atom stereocenters. The minimum atomic E-state index is -1.02. The number of aliphatic hydroxyl groups excluding tert-OH is 2. The Morgan fingerprint density at radius 3 is 1.74 bits per heavy atom. The van der Waals surface area contributed by atoms with E-state index in [-0.39, 0.29) is 18.8 Å². The highest BCUT2D eigenvalue weighted by Gasteiger charge is 2.13. The Labute approximate surface area is 199 Å². The monoisotopic (exact) mass is 486 g/mol. The molecular weight excluding hydrogens is 460 g/mol. The fraction of sp³-hybridized carbons (Fsp3) is 0.304. The lowest BCUT2D eigenvalue weighted by Gasteiger charge is -2.08. The Balaban J connectivity index is 0.000000196. The van der Waals surface area contributed by atoms with Crippen LogP contribution in [0.4, 0.5) is 0 Å². The highest BCUT2D eigenvalue weighted by molar-refractivity contribution is 5.96. The van der Waals surface area contributed by atoms with Crippen LogP contribution in [0.25, 0.3) is 11.0 Å². The molecule has 0 spiro atoms. The van der Waals surface area contributed by atoms with Gasteiger partial charge in [-0.2, -0.15) is 10.2 Å². The summed E-state index contributed by atoms with van der Waals surface area (Å²) < 4.78 is 18.2. The van der Waals surface area contributed by atoms with Crippen LogP contribution >= 0.6 is 0 Å². The van der Waals surface area contributed by atoms with Gasteiger partial charge in [0.1, 0.15) is 35.8 Å². The number of nitrogens with zero attached hydrogens (tertiary/aromatic N) is 4. The lowest BCUT2D eigenvalue weighted by atomic mass is 10.2. The molecule has 0 amide bonds. The number of hydrogen-bond donors (Lipinski definition) is 3. The summed E-state index contributed by atoms with van der Waals surface area (Å²) in [5, 5.41) is 35.1. The van der Waals surface area contributed by atoms with Crippen molar-refractivity contribution in [3.8, 4) is 11.5 Å². The Morgan fingerprint density at radius 1 is 0.857 bits per heavy atom. The Kier molecular flexibility index (Phi) is 8.23. The van der Waals surface area contributed by atoms with Crippen LogP contribution in [0.2, 0.25) is 0 Å². The maximum atomic E-state index is 11.4. The molecule has 35 heavy (non-hydrogen) atoms. The van der Waals surface area contributed by atoms with Crippen LogP contribution in [-0.2, 0) is 4.74 Å². The molecular formula is C23H26N4O8. The van der Waals surface area contributed by atoms with Gasteiger partial charge in [-0.05, 0) is 38.1 Å². The molecule has 0 saturated heterocycles. The number of carbonyl (C=O) groups excluding carboxylic acids is 1. The topological polar surface area (TPSA) is 157 Å². The summed E-state index contributed by atoms with van der Waals surface area (Å²) in [5.41, 5.74) is 1.69. The summed E-state index contributed by atoms with van der Waals surface area (Å²) in [6.07, 6.45) is 4.85. The fourth-order valence-electron chi connectivity index (χ4n) is 2.97. The molecule has 0 aliphatic rings. The Morgan fingerprint density at radius 2 is 1.31 bits per heavy atom. The summed E-state index contributed by atoms with van der Waals surface area (Å²) >= 11 is 0. The Bertz CT molecular complexity index is 1310. The number of rotatable bonds is 8.